The van der Waals surface area contributed by atoms with Gasteiger partial charge in [-0.2, -0.15) is 0 Å². The van der Waals surface area contributed by atoms with Crippen LogP contribution in [0.15, 0.2) is 12.2 Å². The molecule has 0 saturated carbocycles. The third kappa shape index (κ3) is 28.5. The lowest BCUT2D eigenvalue weighted by Gasteiger charge is -2.20. The Bertz CT molecular complexity index is 522. The Morgan fingerprint density at radius 1 is 0.590 bits per heavy atom. The molecule has 2 unspecified atom stereocenters. The fraction of sp³-hybridized carbons (Fsp3) is 0.914. The van der Waals surface area contributed by atoms with E-state index in [1.54, 1.807) is 6.08 Å². The van der Waals surface area contributed by atoms with Crippen molar-refractivity contribution in [2.75, 3.05) is 6.61 Å². The first-order chi connectivity index (χ1) is 19.2. The summed E-state index contributed by atoms with van der Waals surface area (Å²) >= 11 is 0. The lowest BCUT2D eigenvalue weighted by atomic mass is 10.0. The molecule has 3 N–H and O–H groups in total. The predicted octanol–water partition coefficient (Wildman–Crippen LogP) is 9.95. The summed E-state index contributed by atoms with van der Waals surface area (Å²) in [5, 5.41) is 22.8. The number of aliphatic hydroxyl groups excluding tert-OH is 2. The summed E-state index contributed by atoms with van der Waals surface area (Å²) in [4.78, 5) is 12.3. The maximum Gasteiger partial charge on any atom is 0.220 e. The van der Waals surface area contributed by atoms with Crippen LogP contribution in [-0.4, -0.2) is 34.9 Å². The zero-order chi connectivity index (χ0) is 28.7. The van der Waals surface area contributed by atoms with Crippen molar-refractivity contribution in [3.05, 3.63) is 12.2 Å². The molecule has 4 heteroatoms. The highest BCUT2D eigenvalue weighted by molar-refractivity contribution is 5.76. The van der Waals surface area contributed by atoms with E-state index in [1.807, 2.05) is 6.08 Å². The molecule has 0 heterocycles. The topological polar surface area (TPSA) is 69.6 Å². The van der Waals surface area contributed by atoms with Crippen molar-refractivity contribution in [3.63, 3.8) is 0 Å². The van der Waals surface area contributed by atoms with Crippen LogP contribution < -0.4 is 5.32 Å². The van der Waals surface area contributed by atoms with Crippen LogP contribution in [0.25, 0.3) is 0 Å². The quantitative estimate of drug-likeness (QED) is 0.0593. The average Bonchev–Trinajstić information content (AvgIpc) is 2.94. The van der Waals surface area contributed by atoms with Crippen molar-refractivity contribution < 1.29 is 15.0 Å². The fourth-order valence-electron chi connectivity index (χ4n) is 5.29. The van der Waals surface area contributed by atoms with Gasteiger partial charge in [0, 0.05) is 6.42 Å². The highest BCUT2D eigenvalue weighted by Gasteiger charge is 2.17. The molecule has 2 atom stereocenters. The number of hydrogen-bond donors (Lipinski definition) is 3. The van der Waals surface area contributed by atoms with Crippen LogP contribution in [0.1, 0.15) is 187 Å². The summed E-state index contributed by atoms with van der Waals surface area (Å²) in [7, 11) is 0. The summed E-state index contributed by atoms with van der Waals surface area (Å²) in [5.74, 6) is -0.0643. The van der Waals surface area contributed by atoms with Crippen LogP contribution in [0.5, 0.6) is 0 Å². The second-order valence-electron chi connectivity index (χ2n) is 11.9. The Kier molecular flexibility index (Phi) is 30.9. The van der Waals surface area contributed by atoms with Gasteiger partial charge >= 0.3 is 0 Å². The lowest BCUT2D eigenvalue weighted by Crippen LogP contribution is -2.45. The minimum absolute atomic E-state index is 0.0643. The van der Waals surface area contributed by atoms with Gasteiger partial charge in [0.15, 0.2) is 0 Å². The largest absolute Gasteiger partial charge is 0.394 e. The van der Waals surface area contributed by atoms with Gasteiger partial charge in [0.25, 0.3) is 0 Å². The van der Waals surface area contributed by atoms with Gasteiger partial charge in [-0.15, -0.1) is 0 Å². The number of nitrogens with one attached hydrogen (secondary N) is 1. The molecule has 1 amide bonds. The van der Waals surface area contributed by atoms with E-state index in [4.69, 9.17) is 0 Å². The molecule has 0 aliphatic rings. The number of amides is 1. The predicted molar refractivity (Wildman–Crippen MR) is 170 cm³/mol. The maximum atomic E-state index is 12.3. The molecule has 4 nitrogen and oxygen atoms in total. The third-order valence-electron chi connectivity index (χ3n) is 8.02. The molecule has 0 aliphatic carbocycles. The van der Waals surface area contributed by atoms with Crippen molar-refractivity contribution in [1.29, 1.82) is 0 Å². The highest BCUT2D eigenvalue weighted by atomic mass is 16.3. The first-order valence-corrected chi connectivity index (χ1v) is 17.4. The van der Waals surface area contributed by atoms with Crippen molar-refractivity contribution in [2.24, 2.45) is 0 Å². The van der Waals surface area contributed by atoms with Crippen molar-refractivity contribution in [1.82, 2.24) is 5.32 Å². The van der Waals surface area contributed by atoms with Gasteiger partial charge in [0.2, 0.25) is 5.91 Å². The van der Waals surface area contributed by atoms with Gasteiger partial charge in [-0.3, -0.25) is 4.79 Å². The van der Waals surface area contributed by atoms with Gasteiger partial charge in [0.05, 0.1) is 18.8 Å². The van der Waals surface area contributed by atoms with E-state index in [0.29, 0.717) is 6.42 Å². The highest BCUT2D eigenvalue weighted by Crippen LogP contribution is 2.14. The average molecular weight is 552 g/mol. The summed E-state index contributed by atoms with van der Waals surface area (Å²) in [6.45, 7) is 4.29. The molecule has 0 aliphatic heterocycles. The zero-order valence-corrected chi connectivity index (χ0v) is 26.4. The standard InChI is InChI=1S/C35H69NO3/c1-3-5-7-9-11-13-15-17-19-20-22-24-26-28-30-34(38)33(32-37)36-35(39)31-29-27-25-23-21-18-16-14-12-10-8-6-4-2/h28,30,33-34,37-38H,3-27,29,31-32H2,1-2H3,(H,36,39). The lowest BCUT2D eigenvalue weighted by molar-refractivity contribution is -0.123. The third-order valence-corrected chi connectivity index (χ3v) is 8.02. The van der Waals surface area contributed by atoms with Crippen molar-refractivity contribution in [3.8, 4) is 0 Å². The molecule has 0 bridgehead atoms. The van der Waals surface area contributed by atoms with Crippen molar-refractivity contribution in [2.45, 2.75) is 199 Å². The summed E-state index contributed by atoms with van der Waals surface area (Å²) in [6.07, 6.45) is 37.1. The Morgan fingerprint density at radius 2 is 0.949 bits per heavy atom. The molecule has 0 radical (unpaired) electrons. The maximum absolute atomic E-state index is 12.3. The zero-order valence-electron chi connectivity index (χ0n) is 26.4. The van der Waals surface area contributed by atoms with E-state index >= 15 is 0 Å². The number of rotatable bonds is 31. The minimum atomic E-state index is -0.831. The molecule has 0 aromatic heterocycles. The van der Waals surface area contributed by atoms with E-state index in [2.05, 4.69) is 19.2 Å². The molecule has 39 heavy (non-hydrogen) atoms. The molecule has 0 rings (SSSR count). The van der Waals surface area contributed by atoms with E-state index in [0.717, 1.165) is 25.7 Å². The first kappa shape index (κ1) is 38.1. The number of carbonyl (C=O) groups is 1. The van der Waals surface area contributed by atoms with Crippen LogP contribution >= 0.6 is 0 Å². The molecule has 0 aromatic rings. The minimum Gasteiger partial charge on any atom is -0.394 e. The number of carbonyl (C=O) groups excluding carboxylic acids is 1. The smallest absolute Gasteiger partial charge is 0.220 e. The van der Waals surface area contributed by atoms with Crippen molar-refractivity contribution >= 4 is 5.91 Å². The van der Waals surface area contributed by atoms with Gasteiger partial charge in [0.1, 0.15) is 0 Å². The van der Waals surface area contributed by atoms with Crippen LogP contribution in [0.4, 0.5) is 0 Å². The van der Waals surface area contributed by atoms with E-state index in [1.165, 1.54) is 141 Å². The Labute approximate surface area is 244 Å². The molecular weight excluding hydrogens is 482 g/mol. The molecule has 0 aromatic carbocycles. The Morgan fingerprint density at radius 3 is 1.33 bits per heavy atom. The number of unbranched alkanes of at least 4 members (excludes halogenated alkanes) is 24. The normalized spacial score (nSPS) is 13.2. The SMILES string of the molecule is CCCCCCCCCCCCCCC=CC(O)C(CO)NC(=O)CCCCCCCCCCCCCCC. The summed E-state index contributed by atoms with van der Waals surface area (Å²) in [6, 6.07) is -0.613. The first-order valence-electron chi connectivity index (χ1n) is 17.4. The van der Waals surface area contributed by atoms with Gasteiger partial charge in [-0.25, -0.2) is 0 Å². The molecule has 0 fully saturated rings. The van der Waals surface area contributed by atoms with E-state index in [9.17, 15) is 15.0 Å². The summed E-state index contributed by atoms with van der Waals surface area (Å²) < 4.78 is 0. The second kappa shape index (κ2) is 31.7. The number of aliphatic hydroxyl groups is 2. The van der Waals surface area contributed by atoms with E-state index < -0.39 is 12.1 Å². The second-order valence-corrected chi connectivity index (χ2v) is 11.9. The molecule has 0 saturated heterocycles. The van der Waals surface area contributed by atoms with Gasteiger partial charge in [-0.05, 0) is 19.3 Å². The van der Waals surface area contributed by atoms with Crippen LogP contribution in [-0.2, 0) is 4.79 Å². The summed E-state index contributed by atoms with van der Waals surface area (Å²) in [5.41, 5.74) is 0. The van der Waals surface area contributed by atoms with Crippen LogP contribution in [0, 0.1) is 0 Å². The van der Waals surface area contributed by atoms with Gasteiger partial charge in [-0.1, -0.05) is 174 Å². The van der Waals surface area contributed by atoms with E-state index in [-0.39, 0.29) is 12.5 Å². The molecule has 232 valence electrons. The Hall–Kier alpha value is -0.870. The number of allylic oxidation sites excluding steroid dienone is 1. The number of hydrogen-bond acceptors (Lipinski definition) is 3. The van der Waals surface area contributed by atoms with Crippen LogP contribution in [0.2, 0.25) is 0 Å². The Balaban J connectivity index is 3.62. The van der Waals surface area contributed by atoms with Crippen LogP contribution in [0.3, 0.4) is 0 Å². The fourth-order valence-corrected chi connectivity index (χ4v) is 5.29. The monoisotopic (exact) mass is 552 g/mol. The molecular formula is C35H69NO3. The molecule has 0 spiro atoms. The van der Waals surface area contributed by atoms with Gasteiger partial charge < -0.3 is 15.5 Å².